The summed E-state index contributed by atoms with van der Waals surface area (Å²) in [6.45, 7) is 8.44. The molecule has 0 aromatic heterocycles. The zero-order chi connectivity index (χ0) is 10.6. The van der Waals surface area contributed by atoms with E-state index in [0.717, 1.165) is 0 Å². The second kappa shape index (κ2) is 11.4. The summed E-state index contributed by atoms with van der Waals surface area (Å²) in [5, 5.41) is 0. The molecule has 0 aliphatic rings. The molecule has 0 aliphatic heterocycles. The molecule has 0 radical (unpaired) electrons. The van der Waals surface area contributed by atoms with E-state index in [4.69, 9.17) is 0 Å². The molecule has 0 N–H and O–H groups in total. The van der Waals surface area contributed by atoms with E-state index in [1.807, 2.05) is 11.8 Å². The topological polar surface area (TPSA) is 3.24 Å². The van der Waals surface area contributed by atoms with E-state index >= 15 is 0 Å². The number of unbranched alkanes of at least 4 members (excludes halogenated alkanes) is 2. The molecule has 86 valence electrons. The molecule has 14 heavy (non-hydrogen) atoms. The van der Waals surface area contributed by atoms with Crippen LogP contribution in [0.3, 0.4) is 0 Å². The smallest absolute Gasteiger partial charge is 0.00187 e. The van der Waals surface area contributed by atoms with Crippen molar-refractivity contribution in [3.63, 3.8) is 0 Å². The van der Waals surface area contributed by atoms with Crippen molar-refractivity contribution >= 4 is 11.8 Å². The van der Waals surface area contributed by atoms with Gasteiger partial charge in [-0.2, -0.15) is 11.8 Å². The SMILES string of the molecule is CCCN(CCC)CCCCCSC. The van der Waals surface area contributed by atoms with E-state index in [9.17, 15) is 0 Å². The third-order valence-corrected chi connectivity index (χ3v) is 3.10. The fraction of sp³-hybridized carbons (Fsp3) is 1.00. The zero-order valence-corrected chi connectivity index (χ0v) is 11.0. The highest BCUT2D eigenvalue weighted by atomic mass is 32.2. The minimum absolute atomic E-state index is 1.29. The van der Waals surface area contributed by atoms with Gasteiger partial charge in [0, 0.05) is 0 Å². The van der Waals surface area contributed by atoms with Crippen molar-refractivity contribution in [3.05, 3.63) is 0 Å². The molecule has 0 fully saturated rings. The fourth-order valence-electron chi connectivity index (χ4n) is 1.73. The first-order chi connectivity index (χ1) is 6.85. The molecule has 0 saturated carbocycles. The number of rotatable bonds is 10. The van der Waals surface area contributed by atoms with Gasteiger partial charge in [0.2, 0.25) is 0 Å². The minimum atomic E-state index is 1.29. The number of hydrogen-bond acceptors (Lipinski definition) is 2. The van der Waals surface area contributed by atoms with Gasteiger partial charge in [-0.25, -0.2) is 0 Å². The van der Waals surface area contributed by atoms with E-state index in [1.165, 1.54) is 57.5 Å². The van der Waals surface area contributed by atoms with Crippen molar-refractivity contribution < 1.29 is 0 Å². The third-order valence-electron chi connectivity index (χ3n) is 2.40. The summed E-state index contributed by atoms with van der Waals surface area (Å²) in [7, 11) is 0. The lowest BCUT2D eigenvalue weighted by Crippen LogP contribution is -2.26. The molecular formula is C12H27NS. The Morgan fingerprint density at radius 1 is 0.857 bits per heavy atom. The van der Waals surface area contributed by atoms with E-state index in [2.05, 4.69) is 25.0 Å². The average molecular weight is 217 g/mol. The van der Waals surface area contributed by atoms with Gasteiger partial charge < -0.3 is 4.90 Å². The Hall–Kier alpha value is 0.310. The minimum Gasteiger partial charge on any atom is -0.303 e. The number of thioether (sulfide) groups is 1. The second-order valence-electron chi connectivity index (χ2n) is 3.90. The molecule has 2 heteroatoms. The summed E-state index contributed by atoms with van der Waals surface area (Å²) in [6.07, 6.45) is 8.98. The summed E-state index contributed by atoms with van der Waals surface area (Å²) >= 11 is 1.97. The van der Waals surface area contributed by atoms with Gasteiger partial charge >= 0.3 is 0 Å². The van der Waals surface area contributed by atoms with Gasteiger partial charge in [0.05, 0.1) is 0 Å². The lowest BCUT2D eigenvalue weighted by Gasteiger charge is -2.20. The largest absolute Gasteiger partial charge is 0.303 e. The van der Waals surface area contributed by atoms with Crippen LogP contribution in [0, 0.1) is 0 Å². The Morgan fingerprint density at radius 3 is 2.00 bits per heavy atom. The first-order valence-electron chi connectivity index (χ1n) is 6.06. The molecule has 0 aromatic rings. The summed E-state index contributed by atoms with van der Waals surface area (Å²) in [6, 6.07) is 0. The van der Waals surface area contributed by atoms with E-state index in [1.54, 1.807) is 0 Å². The molecule has 0 aromatic carbocycles. The van der Waals surface area contributed by atoms with Gasteiger partial charge in [0.25, 0.3) is 0 Å². The highest BCUT2D eigenvalue weighted by Crippen LogP contribution is 2.04. The second-order valence-corrected chi connectivity index (χ2v) is 4.88. The van der Waals surface area contributed by atoms with E-state index < -0.39 is 0 Å². The van der Waals surface area contributed by atoms with Gasteiger partial charge in [-0.15, -0.1) is 0 Å². The first kappa shape index (κ1) is 14.3. The summed E-state index contributed by atoms with van der Waals surface area (Å²) in [5.41, 5.74) is 0. The first-order valence-corrected chi connectivity index (χ1v) is 7.45. The standard InChI is InChI=1S/C12H27NS/c1-4-9-13(10-5-2)11-7-6-8-12-14-3/h4-12H2,1-3H3. The maximum absolute atomic E-state index is 2.61. The van der Waals surface area contributed by atoms with Gasteiger partial charge in [-0.1, -0.05) is 20.3 Å². The Balaban J connectivity index is 3.30. The normalized spacial score (nSPS) is 11.1. The average Bonchev–Trinajstić information content (AvgIpc) is 2.18. The molecule has 0 amide bonds. The van der Waals surface area contributed by atoms with Crippen molar-refractivity contribution in [1.29, 1.82) is 0 Å². The Morgan fingerprint density at radius 2 is 1.50 bits per heavy atom. The maximum atomic E-state index is 2.61. The van der Waals surface area contributed by atoms with Gasteiger partial charge in [0.1, 0.15) is 0 Å². The Kier molecular flexibility index (Phi) is 11.6. The number of hydrogen-bond donors (Lipinski definition) is 0. The van der Waals surface area contributed by atoms with Crippen molar-refractivity contribution in [2.24, 2.45) is 0 Å². The Labute approximate surface area is 94.6 Å². The van der Waals surface area contributed by atoms with Crippen LogP contribution in [-0.4, -0.2) is 36.5 Å². The van der Waals surface area contributed by atoms with E-state index in [0.29, 0.717) is 0 Å². The zero-order valence-electron chi connectivity index (χ0n) is 10.2. The van der Waals surface area contributed by atoms with Gasteiger partial charge in [-0.3, -0.25) is 0 Å². The van der Waals surface area contributed by atoms with Crippen LogP contribution in [0.15, 0.2) is 0 Å². The van der Waals surface area contributed by atoms with Crippen molar-refractivity contribution in [2.75, 3.05) is 31.6 Å². The van der Waals surface area contributed by atoms with Crippen LogP contribution < -0.4 is 0 Å². The molecular weight excluding hydrogens is 190 g/mol. The van der Waals surface area contributed by atoms with Crippen LogP contribution in [-0.2, 0) is 0 Å². The maximum Gasteiger partial charge on any atom is -0.00187 e. The van der Waals surface area contributed by atoms with Crippen molar-refractivity contribution in [3.8, 4) is 0 Å². The molecule has 0 heterocycles. The lowest BCUT2D eigenvalue weighted by molar-refractivity contribution is 0.269. The predicted molar refractivity (Wildman–Crippen MR) is 69.3 cm³/mol. The van der Waals surface area contributed by atoms with Crippen LogP contribution in [0.2, 0.25) is 0 Å². The van der Waals surface area contributed by atoms with Gasteiger partial charge in [-0.05, 0) is 57.3 Å². The molecule has 0 atom stereocenters. The van der Waals surface area contributed by atoms with Crippen molar-refractivity contribution in [1.82, 2.24) is 4.90 Å². The molecule has 0 rings (SSSR count). The lowest BCUT2D eigenvalue weighted by atomic mass is 10.2. The quantitative estimate of drug-likeness (QED) is 0.514. The number of nitrogens with zero attached hydrogens (tertiary/aromatic N) is 1. The highest BCUT2D eigenvalue weighted by molar-refractivity contribution is 7.98. The third kappa shape index (κ3) is 8.89. The van der Waals surface area contributed by atoms with E-state index in [-0.39, 0.29) is 0 Å². The predicted octanol–water partition coefficient (Wildman–Crippen LogP) is 3.64. The fourth-order valence-corrected chi connectivity index (χ4v) is 2.22. The summed E-state index contributed by atoms with van der Waals surface area (Å²) in [4.78, 5) is 2.61. The Bertz CT molecular complexity index is 100. The summed E-state index contributed by atoms with van der Waals surface area (Å²) < 4.78 is 0. The van der Waals surface area contributed by atoms with Crippen LogP contribution in [0.25, 0.3) is 0 Å². The highest BCUT2D eigenvalue weighted by Gasteiger charge is 2.01. The molecule has 0 spiro atoms. The van der Waals surface area contributed by atoms with Crippen LogP contribution in [0.4, 0.5) is 0 Å². The summed E-state index contributed by atoms with van der Waals surface area (Å²) in [5.74, 6) is 1.33. The van der Waals surface area contributed by atoms with Crippen LogP contribution in [0.5, 0.6) is 0 Å². The molecule has 1 nitrogen and oxygen atoms in total. The monoisotopic (exact) mass is 217 g/mol. The molecule has 0 saturated heterocycles. The molecule has 0 bridgehead atoms. The van der Waals surface area contributed by atoms with Crippen LogP contribution in [0.1, 0.15) is 46.0 Å². The van der Waals surface area contributed by atoms with Gasteiger partial charge in [0.15, 0.2) is 0 Å². The molecule has 0 aliphatic carbocycles. The van der Waals surface area contributed by atoms with Crippen molar-refractivity contribution in [2.45, 2.75) is 46.0 Å². The molecule has 0 unspecified atom stereocenters. The van der Waals surface area contributed by atoms with Crippen LogP contribution >= 0.6 is 11.8 Å².